The van der Waals surface area contributed by atoms with Gasteiger partial charge in [-0.2, -0.15) is 5.26 Å². The Morgan fingerprint density at radius 1 is 1.71 bits per heavy atom. The van der Waals surface area contributed by atoms with Crippen molar-refractivity contribution in [3.63, 3.8) is 0 Å². The normalized spacial score (nSPS) is 9.36. The van der Waals surface area contributed by atoms with Gasteiger partial charge in [-0.15, -0.1) is 11.8 Å². The van der Waals surface area contributed by atoms with Crippen LogP contribution in [0.4, 0.5) is 0 Å². The quantitative estimate of drug-likeness (QED) is 0.740. The van der Waals surface area contributed by atoms with Crippen molar-refractivity contribution in [3.05, 3.63) is 24.2 Å². The third-order valence-electron chi connectivity index (χ3n) is 1.42. The molecule has 1 aromatic rings. The van der Waals surface area contributed by atoms with Crippen molar-refractivity contribution in [3.8, 4) is 6.07 Å². The number of amides is 1. The van der Waals surface area contributed by atoms with Crippen LogP contribution in [0.25, 0.3) is 0 Å². The topological polar surface area (TPSA) is 66.0 Å². The first-order valence-electron chi connectivity index (χ1n) is 4.06. The van der Waals surface area contributed by atoms with Crippen molar-refractivity contribution < 1.29 is 9.21 Å². The van der Waals surface area contributed by atoms with Crippen LogP contribution in [0.5, 0.6) is 0 Å². The van der Waals surface area contributed by atoms with Crippen molar-refractivity contribution in [2.24, 2.45) is 0 Å². The van der Waals surface area contributed by atoms with Gasteiger partial charge >= 0.3 is 0 Å². The van der Waals surface area contributed by atoms with Gasteiger partial charge in [0, 0.05) is 0 Å². The maximum absolute atomic E-state index is 11.0. The standard InChI is InChI=1S/C9H10N2O2S/c10-3-4-11-9(12)7-14-6-8-2-1-5-13-8/h1-2,5H,4,6-7H2,(H,11,12). The molecule has 0 aliphatic carbocycles. The number of nitrogens with one attached hydrogen (secondary N) is 1. The number of thioether (sulfide) groups is 1. The maximum atomic E-state index is 11.0. The van der Waals surface area contributed by atoms with E-state index in [-0.39, 0.29) is 12.5 Å². The van der Waals surface area contributed by atoms with Crippen molar-refractivity contribution in [2.75, 3.05) is 12.3 Å². The van der Waals surface area contributed by atoms with Crippen LogP contribution in [0.15, 0.2) is 22.8 Å². The van der Waals surface area contributed by atoms with Crippen LogP contribution in [-0.4, -0.2) is 18.2 Å². The van der Waals surface area contributed by atoms with Gasteiger partial charge in [-0.3, -0.25) is 4.79 Å². The van der Waals surface area contributed by atoms with Gasteiger partial charge in [-0.05, 0) is 12.1 Å². The van der Waals surface area contributed by atoms with E-state index in [4.69, 9.17) is 9.68 Å². The van der Waals surface area contributed by atoms with Gasteiger partial charge in [0.25, 0.3) is 0 Å². The second kappa shape index (κ2) is 6.11. The Kier molecular flexibility index (Phi) is 4.65. The molecule has 0 saturated carbocycles. The van der Waals surface area contributed by atoms with E-state index in [0.717, 1.165) is 5.76 Å². The number of nitrogens with zero attached hydrogens (tertiary/aromatic N) is 1. The number of carbonyl (C=O) groups excluding carboxylic acids is 1. The number of nitriles is 1. The van der Waals surface area contributed by atoms with Crippen LogP contribution in [0.1, 0.15) is 5.76 Å². The summed E-state index contributed by atoms with van der Waals surface area (Å²) in [4.78, 5) is 11.0. The summed E-state index contributed by atoms with van der Waals surface area (Å²) in [5.74, 6) is 1.75. The van der Waals surface area contributed by atoms with Gasteiger partial charge in [0.1, 0.15) is 12.3 Å². The number of rotatable bonds is 5. The third-order valence-corrected chi connectivity index (χ3v) is 2.38. The van der Waals surface area contributed by atoms with Crippen LogP contribution >= 0.6 is 11.8 Å². The van der Waals surface area contributed by atoms with Gasteiger partial charge in [0.15, 0.2) is 0 Å². The largest absolute Gasteiger partial charge is 0.468 e. The van der Waals surface area contributed by atoms with Crippen molar-refractivity contribution in [1.82, 2.24) is 5.32 Å². The highest BCUT2D eigenvalue weighted by molar-refractivity contribution is 7.99. The lowest BCUT2D eigenvalue weighted by molar-refractivity contribution is -0.118. The molecule has 0 aliphatic rings. The Balaban J connectivity index is 2.10. The summed E-state index contributed by atoms with van der Waals surface area (Å²) >= 11 is 1.45. The van der Waals surface area contributed by atoms with E-state index >= 15 is 0 Å². The van der Waals surface area contributed by atoms with Crippen molar-refractivity contribution >= 4 is 17.7 Å². The lowest BCUT2D eigenvalue weighted by atomic mass is 10.5. The molecular weight excluding hydrogens is 200 g/mol. The van der Waals surface area contributed by atoms with Gasteiger partial charge in [-0.25, -0.2) is 0 Å². The Labute approximate surface area is 86.3 Å². The lowest BCUT2D eigenvalue weighted by Crippen LogP contribution is -2.25. The molecule has 5 heteroatoms. The van der Waals surface area contributed by atoms with Crippen molar-refractivity contribution in [2.45, 2.75) is 5.75 Å². The predicted molar refractivity (Wildman–Crippen MR) is 53.5 cm³/mol. The second-order valence-corrected chi connectivity index (χ2v) is 3.49. The van der Waals surface area contributed by atoms with E-state index in [0.29, 0.717) is 11.5 Å². The highest BCUT2D eigenvalue weighted by Crippen LogP contribution is 2.11. The highest BCUT2D eigenvalue weighted by atomic mass is 32.2. The summed E-state index contributed by atoms with van der Waals surface area (Å²) in [6.07, 6.45) is 1.60. The first-order valence-corrected chi connectivity index (χ1v) is 5.22. The monoisotopic (exact) mass is 210 g/mol. The minimum Gasteiger partial charge on any atom is -0.468 e. The molecule has 0 saturated heterocycles. The first-order chi connectivity index (χ1) is 6.83. The first kappa shape index (κ1) is 10.7. The minimum atomic E-state index is -0.122. The fourth-order valence-electron chi connectivity index (χ4n) is 0.828. The molecule has 0 unspecified atom stereocenters. The fraction of sp³-hybridized carbons (Fsp3) is 0.333. The molecule has 14 heavy (non-hydrogen) atoms. The molecule has 4 nitrogen and oxygen atoms in total. The molecule has 1 heterocycles. The predicted octanol–water partition coefficient (Wildman–Crippen LogP) is 1.15. The SMILES string of the molecule is N#CCNC(=O)CSCc1ccco1. The van der Waals surface area contributed by atoms with Crippen LogP contribution < -0.4 is 5.32 Å². The van der Waals surface area contributed by atoms with Crippen LogP contribution in [0, 0.1) is 11.3 Å². The lowest BCUT2D eigenvalue weighted by Gasteiger charge is -1.99. The minimum absolute atomic E-state index is 0.0696. The smallest absolute Gasteiger partial charge is 0.230 e. The van der Waals surface area contributed by atoms with Gasteiger partial charge in [0.2, 0.25) is 5.91 Å². The number of furan rings is 1. The van der Waals surface area contributed by atoms with Gasteiger partial charge in [-0.1, -0.05) is 0 Å². The average Bonchev–Trinajstić information content (AvgIpc) is 2.67. The Bertz CT molecular complexity index is 316. The second-order valence-electron chi connectivity index (χ2n) is 2.51. The molecule has 1 amide bonds. The molecule has 0 spiro atoms. The van der Waals surface area contributed by atoms with E-state index < -0.39 is 0 Å². The molecule has 0 fully saturated rings. The summed E-state index contributed by atoms with van der Waals surface area (Å²) in [6.45, 7) is 0.0696. The Hall–Kier alpha value is -1.41. The molecule has 1 rings (SSSR count). The van der Waals surface area contributed by atoms with Gasteiger partial charge < -0.3 is 9.73 Å². The molecule has 0 bridgehead atoms. The highest BCUT2D eigenvalue weighted by Gasteiger charge is 2.01. The summed E-state index contributed by atoms with van der Waals surface area (Å²) in [5, 5.41) is 10.7. The summed E-state index contributed by atoms with van der Waals surface area (Å²) in [7, 11) is 0. The fourth-order valence-corrected chi connectivity index (χ4v) is 1.58. The maximum Gasteiger partial charge on any atom is 0.230 e. The Morgan fingerprint density at radius 2 is 2.57 bits per heavy atom. The molecule has 0 atom stereocenters. The average molecular weight is 210 g/mol. The zero-order valence-corrected chi connectivity index (χ0v) is 8.34. The van der Waals surface area contributed by atoms with Crippen LogP contribution in [0.2, 0.25) is 0 Å². The van der Waals surface area contributed by atoms with E-state index in [2.05, 4.69) is 5.32 Å². The number of carbonyl (C=O) groups is 1. The zero-order chi connectivity index (χ0) is 10.2. The van der Waals surface area contributed by atoms with Gasteiger partial charge in [0.05, 0.1) is 23.8 Å². The zero-order valence-electron chi connectivity index (χ0n) is 7.53. The number of hydrogen-bond acceptors (Lipinski definition) is 4. The number of hydrogen-bond donors (Lipinski definition) is 1. The molecule has 0 radical (unpaired) electrons. The molecule has 74 valence electrons. The summed E-state index contributed by atoms with van der Waals surface area (Å²) in [5.41, 5.74) is 0. The van der Waals surface area contributed by atoms with E-state index in [1.807, 2.05) is 18.2 Å². The van der Waals surface area contributed by atoms with E-state index in [1.165, 1.54) is 11.8 Å². The summed E-state index contributed by atoms with van der Waals surface area (Å²) < 4.78 is 5.09. The molecule has 1 aromatic heterocycles. The third kappa shape index (κ3) is 4.01. The Morgan fingerprint density at radius 3 is 3.21 bits per heavy atom. The van der Waals surface area contributed by atoms with Crippen molar-refractivity contribution in [1.29, 1.82) is 5.26 Å². The molecule has 0 aliphatic heterocycles. The van der Waals surface area contributed by atoms with Crippen LogP contribution in [0.3, 0.4) is 0 Å². The molecule has 0 aromatic carbocycles. The van der Waals surface area contributed by atoms with E-state index in [9.17, 15) is 4.79 Å². The van der Waals surface area contributed by atoms with Crippen LogP contribution in [-0.2, 0) is 10.5 Å². The molecule has 1 N–H and O–H groups in total. The molecular formula is C9H10N2O2S. The summed E-state index contributed by atoms with van der Waals surface area (Å²) in [6, 6.07) is 5.52. The van der Waals surface area contributed by atoms with E-state index in [1.54, 1.807) is 6.26 Å².